The van der Waals surface area contributed by atoms with Crippen LogP contribution in [0.15, 0.2) is 46.9 Å². The van der Waals surface area contributed by atoms with Crippen LogP contribution in [0.3, 0.4) is 0 Å². The Kier molecular flexibility index (Phi) is 4.19. The van der Waals surface area contributed by atoms with E-state index in [4.69, 9.17) is 9.47 Å². The Morgan fingerprint density at radius 1 is 1.12 bits per heavy atom. The highest BCUT2D eigenvalue weighted by atomic mass is 79.9. The van der Waals surface area contributed by atoms with Crippen LogP contribution in [0.2, 0.25) is 0 Å². The van der Waals surface area contributed by atoms with Crippen molar-refractivity contribution in [3.63, 3.8) is 0 Å². The third-order valence-electron chi connectivity index (χ3n) is 4.62. The van der Waals surface area contributed by atoms with Crippen molar-refractivity contribution in [2.24, 2.45) is 0 Å². The molecule has 0 bridgehead atoms. The van der Waals surface area contributed by atoms with E-state index >= 15 is 0 Å². The molecule has 0 aromatic heterocycles. The fourth-order valence-electron chi connectivity index (χ4n) is 3.42. The van der Waals surface area contributed by atoms with Gasteiger partial charge in [0.2, 0.25) is 12.7 Å². The average Bonchev–Trinajstić information content (AvgIpc) is 3.24. The smallest absolute Gasteiger partial charge is 0.231 e. The van der Waals surface area contributed by atoms with Gasteiger partial charge in [0.05, 0.1) is 12.5 Å². The number of fused-ring (bicyclic) bond motifs is 1. The highest BCUT2D eigenvalue weighted by Gasteiger charge is 2.30. The zero-order valence-electron chi connectivity index (χ0n) is 13.2. The Bertz CT molecular complexity index is 760. The van der Waals surface area contributed by atoms with E-state index in [1.165, 1.54) is 5.56 Å². The summed E-state index contributed by atoms with van der Waals surface area (Å²) < 4.78 is 11.8. The number of likely N-dealkylation sites (tertiary alicyclic amines) is 1. The number of carbonyl (C=O) groups excluding carboxylic acids is 1. The molecule has 124 valence electrons. The van der Waals surface area contributed by atoms with Crippen LogP contribution >= 0.6 is 15.9 Å². The summed E-state index contributed by atoms with van der Waals surface area (Å²) in [4.78, 5) is 14.8. The van der Waals surface area contributed by atoms with Gasteiger partial charge in [-0.15, -0.1) is 0 Å². The lowest BCUT2D eigenvalue weighted by atomic mass is 10.0. The van der Waals surface area contributed by atoms with Gasteiger partial charge in [0.15, 0.2) is 11.5 Å². The van der Waals surface area contributed by atoms with Crippen LogP contribution in [0.5, 0.6) is 11.5 Å². The van der Waals surface area contributed by atoms with E-state index in [-0.39, 0.29) is 18.7 Å². The third kappa shape index (κ3) is 3.00. The molecule has 0 radical (unpaired) electrons. The number of ether oxygens (including phenoxy) is 2. The van der Waals surface area contributed by atoms with Crippen LogP contribution in [0.4, 0.5) is 0 Å². The average molecular weight is 388 g/mol. The largest absolute Gasteiger partial charge is 0.454 e. The maximum absolute atomic E-state index is 12.8. The minimum absolute atomic E-state index is 0.166. The van der Waals surface area contributed by atoms with Crippen molar-refractivity contribution >= 4 is 21.8 Å². The van der Waals surface area contributed by atoms with Crippen LogP contribution in [-0.2, 0) is 11.2 Å². The second-order valence-electron chi connectivity index (χ2n) is 6.16. The molecule has 1 amide bonds. The van der Waals surface area contributed by atoms with Gasteiger partial charge in [-0.25, -0.2) is 0 Å². The van der Waals surface area contributed by atoms with E-state index < -0.39 is 0 Å². The summed E-state index contributed by atoms with van der Waals surface area (Å²) >= 11 is 3.46. The Morgan fingerprint density at radius 3 is 2.75 bits per heavy atom. The van der Waals surface area contributed by atoms with Crippen molar-refractivity contribution in [3.8, 4) is 11.5 Å². The minimum atomic E-state index is 0.166. The predicted molar refractivity (Wildman–Crippen MR) is 94.1 cm³/mol. The fourth-order valence-corrected chi connectivity index (χ4v) is 3.69. The number of amides is 1. The third-order valence-corrected chi connectivity index (χ3v) is 5.15. The lowest BCUT2D eigenvalue weighted by Crippen LogP contribution is -2.31. The molecule has 2 aliphatic heterocycles. The molecular formula is C19H18BrNO3. The summed E-state index contributed by atoms with van der Waals surface area (Å²) in [5.41, 5.74) is 2.17. The molecule has 4 nitrogen and oxygen atoms in total. The molecule has 0 N–H and O–H groups in total. The van der Waals surface area contributed by atoms with Crippen LogP contribution in [0.25, 0.3) is 0 Å². The monoisotopic (exact) mass is 387 g/mol. The zero-order chi connectivity index (χ0) is 16.5. The van der Waals surface area contributed by atoms with Crippen LogP contribution < -0.4 is 9.47 Å². The minimum Gasteiger partial charge on any atom is -0.454 e. The number of hydrogen-bond acceptors (Lipinski definition) is 3. The summed E-state index contributed by atoms with van der Waals surface area (Å²) in [5.74, 6) is 1.64. The van der Waals surface area contributed by atoms with E-state index in [1.54, 1.807) is 0 Å². The first-order valence-electron chi connectivity index (χ1n) is 8.14. The van der Waals surface area contributed by atoms with E-state index in [0.717, 1.165) is 40.9 Å². The standard InChI is InChI=1S/C19H18BrNO3/c20-15-6-4-14(5-7-15)16-2-1-9-21(16)19(22)11-13-3-8-17-18(10-13)24-12-23-17/h3-8,10,16H,1-2,9,11-12H2. The van der Waals surface area contributed by atoms with Gasteiger partial charge in [0.25, 0.3) is 0 Å². The Morgan fingerprint density at radius 2 is 1.92 bits per heavy atom. The molecule has 1 saturated heterocycles. The van der Waals surface area contributed by atoms with Gasteiger partial charge < -0.3 is 14.4 Å². The maximum atomic E-state index is 12.8. The first kappa shape index (κ1) is 15.5. The molecular weight excluding hydrogens is 370 g/mol. The number of rotatable bonds is 3. The normalized spacial score (nSPS) is 18.9. The lowest BCUT2D eigenvalue weighted by molar-refractivity contribution is -0.131. The molecule has 2 aromatic carbocycles. The zero-order valence-corrected chi connectivity index (χ0v) is 14.8. The van der Waals surface area contributed by atoms with Gasteiger partial charge in [-0.2, -0.15) is 0 Å². The molecule has 0 aliphatic carbocycles. The van der Waals surface area contributed by atoms with E-state index in [1.807, 2.05) is 35.2 Å². The van der Waals surface area contributed by atoms with Gasteiger partial charge in [0, 0.05) is 11.0 Å². The summed E-state index contributed by atoms with van der Waals surface area (Å²) in [6.07, 6.45) is 2.46. The SMILES string of the molecule is O=C(Cc1ccc2c(c1)OCO2)N1CCCC1c1ccc(Br)cc1. The molecule has 0 spiro atoms. The molecule has 2 aliphatic rings. The molecule has 4 rings (SSSR count). The van der Waals surface area contributed by atoms with Crippen molar-refractivity contribution in [1.82, 2.24) is 4.90 Å². The molecule has 1 fully saturated rings. The van der Waals surface area contributed by atoms with Crippen LogP contribution in [0.1, 0.15) is 30.0 Å². The van der Waals surface area contributed by atoms with Gasteiger partial charge in [0.1, 0.15) is 0 Å². The van der Waals surface area contributed by atoms with E-state index in [0.29, 0.717) is 6.42 Å². The molecule has 1 unspecified atom stereocenters. The first-order valence-corrected chi connectivity index (χ1v) is 8.93. The molecule has 1 atom stereocenters. The number of nitrogens with zero attached hydrogens (tertiary/aromatic N) is 1. The van der Waals surface area contributed by atoms with Crippen molar-refractivity contribution in [2.75, 3.05) is 13.3 Å². The molecule has 0 saturated carbocycles. The lowest BCUT2D eigenvalue weighted by Gasteiger charge is -2.25. The Labute approximate surface area is 149 Å². The van der Waals surface area contributed by atoms with Crippen molar-refractivity contribution in [1.29, 1.82) is 0 Å². The quantitative estimate of drug-likeness (QED) is 0.795. The number of benzene rings is 2. The van der Waals surface area contributed by atoms with E-state index in [9.17, 15) is 4.79 Å². The second kappa shape index (κ2) is 6.48. The van der Waals surface area contributed by atoms with Gasteiger partial charge >= 0.3 is 0 Å². The number of hydrogen-bond donors (Lipinski definition) is 0. The molecule has 24 heavy (non-hydrogen) atoms. The Hall–Kier alpha value is -2.01. The van der Waals surface area contributed by atoms with Crippen LogP contribution in [0, 0.1) is 0 Å². The summed E-state index contributed by atoms with van der Waals surface area (Å²) in [7, 11) is 0. The Balaban J connectivity index is 1.50. The van der Waals surface area contributed by atoms with Crippen molar-refractivity contribution < 1.29 is 14.3 Å². The van der Waals surface area contributed by atoms with Crippen molar-refractivity contribution in [2.45, 2.75) is 25.3 Å². The van der Waals surface area contributed by atoms with Gasteiger partial charge in [-0.3, -0.25) is 4.79 Å². The van der Waals surface area contributed by atoms with Crippen molar-refractivity contribution in [3.05, 3.63) is 58.1 Å². The second-order valence-corrected chi connectivity index (χ2v) is 7.08. The first-order chi connectivity index (χ1) is 11.7. The fraction of sp³-hybridized carbons (Fsp3) is 0.316. The molecule has 2 heterocycles. The van der Waals surface area contributed by atoms with Crippen LogP contribution in [-0.4, -0.2) is 24.1 Å². The molecule has 2 aromatic rings. The van der Waals surface area contributed by atoms with E-state index in [2.05, 4.69) is 28.1 Å². The van der Waals surface area contributed by atoms with Gasteiger partial charge in [-0.05, 0) is 48.2 Å². The summed E-state index contributed by atoms with van der Waals surface area (Å²) in [5, 5.41) is 0. The molecule has 5 heteroatoms. The maximum Gasteiger partial charge on any atom is 0.231 e. The number of halogens is 1. The highest BCUT2D eigenvalue weighted by molar-refractivity contribution is 9.10. The summed E-state index contributed by atoms with van der Waals surface area (Å²) in [6, 6.07) is 14.2. The summed E-state index contributed by atoms with van der Waals surface area (Å²) in [6.45, 7) is 1.08. The van der Waals surface area contributed by atoms with Gasteiger partial charge in [-0.1, -0.05) is 34.1 Å². The highest BCUT2D eigenvalue weighted by Crippen LogP contribution is 2.35. The number of carbonyl (C=O) groups is 1. The predicted octanol–water partition coefficient (Wildman–Crippen LogP) is 4.08. The topological polar surface area (TPSA) is 38.8 Å².